The van der Waals surface area contributed by atoms with Crippen LogP contribution in [0.4, 0.5) is 0 Å². The van der Waals surface area contributed by atoms with E-state index in [-0.39, 0.29) is 12.5 Å². The monoisotopic (exact) mass is 500 g/mol. The van der Waals surface area contributed by atoms with Crippen molar-refractivity contribution in [1.82, 2.24) is 5.32 Å². The van der Waals surface area contributed by atoms with Crippen LogP contribution in [0.3, 0.4) is 0 Å². The molecule has 0 saturated heterocycles. The molecule has 1 aliphatic heterocycles. The maximum atomic E-state index is 13.4. The van der Waals surface area contributed by atoms with Crippen LogP contribution in [-0.2, 0) is 16.0 Å². The summed E-state index contributed by atoms with van der Waals surface area (Å²) in [6, 6.07) is 15.5. The van der Waals surface area contributed by atoms with Crippen molar-refractivity contribution in [1.29, 1.82) is 0 Å². The Morgan fingerprint density at radius 1 is 1.22 bits per heavy atom. The van der Waals surface area contributed by atoms with Gasteiger partial charge in [-0.3, -0.25) is 4.79 Å². The number of aliphatic imine (C=N–C) groups is 1. The summed E-state index contributed by atoms with van der Waals surface area (Å²) < 4.78 is 12.7. The van der Waals surface area contributed by atoms with Crippen molar-refractivity contribution in [2.45, 2.75) is 44.2 Å². The maximum absolute atomic E-state index is 13.4. The summed E-state index contributed by atoms with van der Waals surface area (Å²) in [6.45, 7) is 3.17. The van der Waals surface area contributed by atoms with Gasteiger partial charge in [0.1, 0.15) is 11.9 Å². The summed E-state index contributed by atoms with van der Waals surface area (Å²) in [5, 5.41) is 12.0. The quantitative estimate of drug-likeness (QED) is 0.485. The van der Waals surface area contributed by atoms with Gasteiger partial charge in [-0.1, -0.05) is 28.1 Å². The van der Waals surface area contributed by atoms with Crippen LogP contribution >= 0.6 is 15.9 Å². The lowest BCUT2D eigenvalue weighted by atomic mass is 9.86. The van der Waals surface area contributed by atoms with E-state index in [0.29, 0.717) is 37.8 Å². The third-order valence-electron chi connectivity index (χ3n) is 5.96. The second-order valence-electron chi connectivity index (χ2n) is 8.51. The minimum atomic E-state index is -1.02. The molecule has 0 unspecified atom stereocenters. The first-order valence-corrected chi connectivity index (χ1v) is 11.9. The Hall–Kier alpha value is -2.38. The molecular weight excluding hydrogens is 472 g/mol. The third-order valence-corrected chi connectivity index (χ3v) is 6.49. The number of aliphatic hydroxyl groups is 1. The molecule has 1 amide bonds. The van der Waals surface area contributed by atoms with Gasteiger partial charge < -0.3 is 19.9 Å². The third kappa shape index (κ3) is 5.33. The molecule has 2 aromatic rings. The van der Waals surface area contributed by atoms with E-state index in [4.69, 9.17) is 19.6 Å². The number of nitrogens with zero attached hydrogens (tertiary/aromatic N) is 1. The second-order valence-corrected chi connectivity index (χ2v) is 9.42. The molecule has 2 aromatic carbocycles. The van der Waals surface area contributed by atoms with Gasteiger partial charge in [0.2, 0.25) is 5.90 Å². The van der Waals surface area contributed by atoms with Crippen LogP contribution in [0, 0.1) is 5.92 Å². The number of amides is 1. The van der Waals surface area contributed by atoms with E-state index in [1.165, 1.54) is 12.8 Å². The molecule has 2 N–H and O–H groups in total. The highest BCUT2D eigenvalue weighted by atomic mass is 79.9. The Labute approximate surface area is 197 Å². The number of hydrogen-bond donors (Lipinski definition) is 2. The van der Waals surface area contributed by atoms with E-state index in [0.717, 1.165) is 21.3 Å². The number of aliphatic hydroxyl groups excluding tert-OH is 1. The molecule has 7 heteroatoms. The Bertz CT molecular complexity index is 957. The van der Waals surface area contributed by atoms with Gasteiger partial charge in [0, 0.05) is 36.0 Å². The molecule has 0 spiro atoms. The van der Waals surface area contributed by atoms with Crippen LogP contribution in [0.1, 0.15) is 37.3 Å². The van der Waals surface area contributed by atoms with Gasteiger partial charge >= 0.3 is 0 Å². The zero-order valence-corrected chi connectivity index (χ0v) is 19.8. The predicted octanol–water partition coefficient (Wildman–Crippen LogP) is 3.88. The van der Waals surface area contributed by atoms with E-state index in [9.17, 15) is 4.79 Å². The van der Waals surface area contributed by atoms with Crippen molar-refractivity contribution in [3.63, 3.8) is 0 Å². The predicted molar refractivity (Wildman–Crippen MR) is 127 cm³/mol. The molecule has 1 saturated carbocycles. The molecule has 2 atom stereocenters. The van der Waals surface area contributed by atoms with Crippen molar-refractivity contribution >= 4 is 27.7 Å². The highest BCUT2D eigenvalue weighted by molar-refractivity contribution is 9.10. The molecule has 4 rings (SSSR count). The molecule has 0 radical (unpaired) electrons. The summed E-state index contributed by atoms with van der Waals surface area (Å²) in [7, 11) is 0. The molecule has 170 valence electrons. The molecule has 1 fully saturated rings. The molecule has 32 heavy (non-hydrogen) atoms. The first kappa shape index (κ1) is 22.8. The fraction of sp³-hybridized carbons (Fsp3) is 0.440. The van der Waals surface area contributed by atoms with Crippen LogP contribution < -0.4 is 10.1 Å². The van der Waals surface area contributed by atoms with Crippen LogP contribution in [0.5, 0.6) is 5.75 Å². The Kier molecular flexibility index (Phi) is 7.16. The van der Waals surface area contributed by atoms with Crippen LogP contribution in [0.2, 0.25) is 0 Å². The fourth-order valence-corrected chi connectivity index (χ4v) is 4.03. The van der Waals surface area contributed by atoms with E-state index in [1.807, 2.05) is 55.5 Å². The van der Waals surface area contributed by atoms with Crippen LogP contribution in [0.25, 0.3) is 0 Å². The zero-order chi connectivity index (χ0) is 22.6. The molecule has 1 aliphatic carbocycles. The van der Waals surface area contributed by atoms with Gasteiger partial charge in [0.05, 0.1) is 6.61 Å². The minimum absolute atomic E-state index is 0.0845. The second kappa shape index (κ2) is 10.0. The maximum Gasteiger partial charge on any atom is 0.252 e. The Balaban J connectivity index is 1.58. The highest BCUT2D eigenvalue weighted by Gasteiger charge is 2.50. The Morgan fingerprint density at radius 2 is 1.94 bits per heavy atom. The number of benzene rings is 2. The number of ether oxygens (including phenoxy) is 2. The summed E-state index contributed by atoms with van der Waals surface area (Å²) in [5.74, 6) is 1.69. The number of carbonyl (C=O) groups excluding carboxylic acids is 1. The minimum Gasteiger partial charge on any atom is -0.494 e. The van der Waals surface area contributed by atoms with Crippen molar-refractivity contribution in [3.8, 4) is 5.75 Å². The number of carbonyl (C=O) groups is 1. The highest BCUT2D eigenvalue weighted by Crippen LogP contribution is 2.34. The SMILES string of the molecule is C[C@H]1OC(c2ccc(OCCCO)cc2)=N[C@@]1(Cc1ccc(Br)cc1)C(=O)NCC1CC1. The lowest BCUT2D eigenvalue weighted by Gasteiger charge is -2.28. The number of halogens is 1. The van der Waals surface area contributed by atoms with Crippen LogP contribution in [0.15, 0.2) is 58.0 Å². The van der Waals surface area contributed by atoms with Gasteiger partial charge in [-0.25, -0.2) is 4.99 Å². The molecule has 0 aromatic heterocycles. The number of hydrogen-bond acceptors (Lipinski definition) is 5. The van der Waals surface area contributed by atoms with E-state index >= 15 is 0 Å². The normalized spacial score (nSPS) is 22.2. The van der Waals surface area contributed by atoms with Crippen molar-refractivity contribution < 1.29 is 19.4 Å². The number of rotatable bonds is 10. The molecule has 6 nitrogen and oxygen atoms in total. The smallest absolute Gasteiger partial charge is 0.252 e. The van der Waals surface area contributed by atoms with E-state index in [1.54, 1.807) is 0 Å². The summed E-state index contributed by atoms with van der Waals surface area (Å²) in [5.41, 5.74) is 0.816. The average Bonchev–Trinajstić information content (AvgIpc) is 3.57. The first-order valence-electron chi connectivity index (χ1n) is 11.1. The Morgan fingerprint density at radius 3 is 2.59 bits per heavy atom. The van der Waals surface area contributed by atoms with Crippen molar-refractivity contribution in [3.05, 3.63) is 64.1 Å². The van der Waals surface area contributed by atoms with Gasteiger partial charge in [-0.15, -0.1) is 0 Å². The summed E-state index contributed by atoms with van der Waals surface area (Å²) in [6.07, 6.45) is 2.99. The first-order chi connectivity index (χ1) is 15.5. The standard InChI is InChI=1S/C25H29BrN2O4/c1-17-25(24(30)27-16-19-3-4-19,15-18-5-9-21(26)10-6-18)28-23(32-17)20-7-11-22(12-8-20)31-14-2-13-29/h5-12,17,19,29H,2-4,13-16H2,1H3,(H,27,30)/t17-,25-/m1/s1. The topological polar surface area (TPSA) is 80.2 Å². The lowest BCUT2D eigenvalue weighted by Crippen LogP contribution is -2.52. The van der Waals surface area contributed by atoms with E-state index < -0.39 is 11.6 Å². The molecule has 2 aliphatic rings. The fourth-order valence-electron chi connectivity index (χ4n) is 3.77. The molecule has 1 heterocycles. The van der Waals surface area contributed by atoms with Gasteiger partial charge in [0.15, 0.2) is 5.54 Å². The largest absolute Gasteiger partial charge is 0.494 e. The van der Waals surface area contributed by atoms with Gasteiger partial charge in [-0.05, 0) is 67.6 Å². The van der Waals surface area contributed by atoms with Crippen LogP contribution in [-0.4, -0.2) is 48.3 Å². The lowest BCUT2D eigenvalue weighted by molar-refractivity contribution is -0.128. The molecular formula is C25H29BrN2O4. The number of nitrogens with one attached hydrogen (secondary N) is 1. The van der Waals surface area contributed by atoms with Gasteiger partial charge in [-0.2, -0.15) is 0 Å². The van der Waals surface area contributed by atoms with Crippen molar-refractivity contribution in [2.24, 2.45) is 10.9 Å². The van der Waals surface area contributed by atoms with E-state index in [2.05, 4.69) is 21.2 Å². The molecule has 0 bridgehead atoms. The zero-order valence-electron chi connectivity index (χ0n) is 18.2. The summed E-state index contributed by atoms with van der Waals surface area (Å²) in [4.78, 5) is 18.3. The average molecular weight is 501 g/mol. The summed E-state index contributed by atoms with van der Waals surface area (Å²) >= 11 is 3.47. The van der Waals surface area contributed by atoms with Gasteiger partial charge in [0.25, 0.3) is 5.91 Å². The van der Waals surface area contributed by atoms with Crippen molar-refractivity contribution in [2.75, 3.05) is 19.8 Å².